The molecular formula is C14H19NOS. The quantitative estimate of drug-likeness (QED) is 0.783. The van der Waals surface area contributed by atoms with Crippen LogP contribution in [0, 0.1) is 0 Å². The Morgan fingerprint density at radius 1 is 1.47 bits per heavy atom. The van der Waals surface area contributed by atoms with Crippen molar-refractivity contribution in [3.8, 4) is 0 Å². The van der Waals surface area contributed by atoms with Gasteiger partial charge in [-0.25, -0.2) is 0 Å². The van der Waals surface area contributed by atoms with E-state index in [1.807, 2.05) is 17.8 Å². The Hall–Kier alpha value is -0.770. The molecule has 1 aliphatic heterocycles. The van der Waals surface area contributed by atoms with Crippen LogP contribution in [-0.2, 0) is 0 Å². The first kappa shape index (κ1) is 12.7. The molecule has 0 saturated heterocycles. The van der Waals surface area contributed by atoms with Gasteiger partial charge in [-0.05, 0) is 11.6 Å². The Morgan fingerprint density at radius 3 is 3.06 bits per heavy atom. The SMILES string of the molecule is C=CCN(CCO)CC1CSc2ccccc21. The van der Waals surface area contributed by atoms with E-state index < -0.39 is 0 Å². The first-order valence-electron chi connectivity index (χ1n) is 6.01. The Bertz CT molecular complexity index is 380. The summed E-state index contributed by atoms with van der Waals surface area (Å²) in [5.74, 6) is 1.74. The lowest BCUT2D eigenvalue weighted by atomic mass is 10.0. The first-order chi connectivity index (χ1) is 8.35. The molecule has 1 aromatic carbocycles. The van der Waals surface area contributed by atoms with Crippen LogP contribution in [-0.4, -0.2) is 42.0 Å². The molecule has 2 rings (SSSR count). The minimum atomic E-state index is 0.218. The van der Waals surface area contributed by atoms with Crippen LogP contribution in [0.5, 0.6) is 0 Å². The number of rotatable bonds is 6. The average Bonchev–Trinajstić information content (AvgIpc) is 2.74. The van der Waals surface area contributed by atoms with Crippen LogP contribution < -0.4 is 0 Å². The summed E-state index contributed by atoms with van der Waals surface area (Å²) >= 11 is 1.94. The molecule has 17 heavy (non-hydrogen) atoms. The highest BCUT2D eigenvalue weighted by Gasteiger charge is 2.24. The number of thioether (sulfide) groups is 1. The van der Waals surface area contributed by atoms with E-state index in [4.69, 9.17) is 5.11 Å². The molecule has 92 valence electrons. The highest BCUT2D eigenvalue weighted by atomic mass is 32.2. The lowest BCUT2D eigenvalue weighted by molar-refractivity contribution is 0.203. The van der Waals surface area contributed by atoms with Crippen molar-refractivity contribution >= 4 is 11.8 Å². The molecule has 1 atom stereocenters. The Kier molecular flexibility index (Phi) is 4.66. The van der Waals surface area contributed by atoms with Crippen molar-refractivity contribution in [3.05, 3.63) is 42.5 Å². The molecule has 1 unspecified atom stereocenters. The first-order valence-corrected chi connectivity index (χ1v) is 6.99. The Labute approximate surface area is 107 Å². The van der Waals surface area contributed by atoms with Crippen LogP contribution in [0.1, 0.15) is 11.5 Å². The van der Waals surface area contributed by atoms with E-state index in [9.17, 15) is 0 Å². The fourth-order valence-electron chi connectivity index (χ4n) is 2.27. The van der Waals surface area contributed by atoms with E-state index in [2.05, 4.69) is 35.7 Å². The van der Waals surface area contributed by atoms with Gasteiger partial charge in [-0.2, -0.15) is 0 Å². The molecule has 0 bridgehead atoms. The molecule has 1 N–H and O–H groups in total. The van der Waals surface area contributed by atoms with Gasteiger partial charge in [-0.3, -0.25) is 4.90 Å². The highest BCUT2D eigenvalue weighted by Crippen LogP contribution is 2.39. The maximum Gasteiger partial charge on any atom is 0.0558 e. The van der Waals surface area contributed by atoms with E-state index in [0.717, 1.165) is 25.4 Å². The van der Waals surface area contributed by atoms with Crippen LogP contribution in [0.2, 0.25) is 0 Å². The van der Waals surface area contributed by atoms with Crippen LogP contribution >= 0.6 is 11.8 Å². The summed E-state index contributed by atoms with van der Waals surface area (Å²) in [6, 6.07) is 8.64. The summed E-state index contributed by atoms with van der Waals surface area (Å²) in [4.78, 5) is 3.68. The molecule has 1 aliphatic rings. The highest BCUT2D eigenvalue weighted by molar-refractivity contribution is 7.99. The minimum absolute atomic E-state index is 0.218. The van der Waals surface area contributed by atoms with Crippen LogP contribution in [0.4, 0.5) is 0 Å². The lowest BCUT2D eigenvalue weighted by Crippen LogP contribution is -2.31. The molecular weight excluding hydrogens is 230 g/mol. The summed E-state index contributed by atoms with van der Waals surface area (Å²) in [5, 5.41) is 9.05. The molecule has 0 aromatic heterocycles. The van der Waals surface area contributed by atoms with E-state index in [0.29, 0.717) is 5.92 Å². The largest absolute Gasteiger partial charge is 0.395 e. The maximum atomic E-state index is 9.05. The van der Waals surface area contributed by atoms with Gasteiger partial charge in [0.05, 0.1) is 6.61 Å². The maximum absolute atomic E-state index is 9.05. The molecule has 0 spiro atoms. The van der Waals surface area contributed by atoms with E-state index >= 15 is 0 Å². The van der Waals surface area contributed by atoms with Crippen molar-refractivity contribution in [2.45, 2.75) is 10.8 Å². The molecule has 0 radical (unpaired) electrons. The van der Waals surface area contributed by atoms with Gasteiger partial charge in [0.1, 0.15) is 0 Å². The summed E-state index contributed by atoms with van der Waals surface area (Å²) in [7, 11) is 0. The predicted octanol–water partition coefficient (Wildman–Crippen LogP) is 2.36. The van der Waals surface area contributed by atoms with Crippen molar-refractivity contribution in [1.82, 2.24) is 4.90 Å². The third-order valence-electron chi connectivity index (χ3n) is 3.08. The van der Waals surface area contributed by atoms with Gasteiger partial charge in [0.15, 0.2) is 0 Å². The number of hydrogen-bond donors (Lipinski definition) is 1. The van der Waals surface area contributed by atoms with Crippen molar-refractivity contribution < 1.29 is 5.11 Å². The van der Waals surface area contributed by atoms with E-state index in [-0.39, 0.29) is 6.61 Å². The molecule has 2 nitrogen and oxygen atoms in total. The zero-order valence-electron chi connectivity index (χ0n) is 10.0. The van der Waals surface area contributed by atoms with Gasteiger partial charge in [-0.1, -0.05) is 24.3 Å². The number of nitrogens with zero attached hydrogens (tertiary/aromatic N) is 1. The standard InChI is InChI=1S/C14H19NOS/c1-2-7-15(8-9-16)10-12-11-17-14-6-4-3-5-13(12)14/h2-6,12,16H,1,7-11H2. The number of fused-ring (bicyclic) bond motifs is 1. The predicted molar refractivity (Wildman–Crippen MR) is 73.6 cm³/mol. The van der Waals surface area contributed by atoms with Gasteiger partial charge in [-0.15, -0.1) is 18.3 Å². The molecule has 0 aliphatic carbocycles. The monoisotopic (exact) mass is 249 g/mol. The number of aliphatic hydroxyl groups excluding tert-OH is 1. The summed E-state index contributed by atoms with van der Waals surface area (Å²) in [6.07, 6.45) is 1.91. The molecule has 0 amide bonds. The van der Waals surface area contributed by atoms with Gasteiger partial charge in [0.2, 0.25) is 0 Å². The summed E-state index contributed by atoms with van der Waals surface area (Å²) < 4.78 is 0. The third kappa shape index (κ3) is 3.12. The van der Waals surface area contributed by atoms with Crippen LogP contribution in [0.15, 0.2) is 41.8 Å². The third-order valence-corrected chi connectivity index (χ3v) is 4.33. The number of aliphatic hydroxyl groups is 1. The topological polar surface area (TPSA) is 23.5 Å². The zero-order valence-corrected chi connectivity index (χ0v) is 10.8. The van der Waals surface area contributed by atoms with Gasteiger partial charge in [0.25, 0.3) is 0 Å². The fraction of sp³-hybridized carbons (Fsp3) is 0.429. The number of hydrogen-bond acceptors (Lipinski definition) is 3. The zero-order chi connectivity index (χ0) is 12.1. The average molecular weight is 249 g/mol. The molecule has 0 saturated carbocycles. The number of benzene rings is 1. The normalized spacial score (nSPS) is 18.4. The lowest BCUT2D eigenvalue weighted by Gasteiger charge is -2.23. The van der Waals surface area contributed by atoms with Crippen LogP contribution in [0.3, 0.4) is 0 Å². The summed E-state index contributed by atoms with van der Waals surface area (Å²) in [5.41, 5.74) is 1.46. The van der Waals surface area contributed by atoms with Gasteiger partial charge >= 0.3 is 0 Å². The van der Waals surface area contributed by atoms with Gasteiger partial charge < -0.3 is 5.11 Å². The van der Waals surface area contributed by atoms with E-state index in [1.165, 1.54) is 10.5 Å². The summed E-state index contributed by atoms with van der Waals surface area (Å²) in [6.45, 7) is 6.58. The van der Waals surface area contributed by atoms with Crippen molar-refractivity contribution in [2.24, 2.45) is 0 Å². The second-order valence-corrected chi connectivity index (χ2v) is 5.38. The second-order valence-electron chi connectivity index (χ2n) is 4.32. The molecule has 0 fully saturated rings. The minimum Gasteiger partial charge on any atom is -0.395 e. The van der Waals surface area contributed by atoms with Crippen molar-refractivity contribution in [3.63, 3.8) is 0 Å². The van der Waals surface area contributed by atoms with E-state index in [1.54, 1.807) is 0 Å². The fourth-order valence-corrected chi connectivity index (χ4v) is 3.52. The van der Waals surface area contributed by atoms with Crippen LogP contribution in [0.25, 0.3) is 0 Å². The Morgan fingerprint density at radius 2 is 2.29 bits per heavy atom. The second kappa shape index (κ2) is 6.24. The van der Waals surface area contributed by atoms with Crippen molar-refractivity contribution in [2.75, 3.05) is 32.0 Å². The molecule has 1 heterocycles. The molecule has 1 aromatic rings. The molecule has 3 heteroatoms. The van der Waals surface area contributed by atoms with Crippen molar-refractivity contribution in [1.29, 1.82) is 0 Å². The Balaban J connectivity index is 2.02. The van der Waals surface area contributed by atoms with Gasteiger partial charge in [0, 0.05) is 36.2 Å². The smallest absolute Gasteiger partial charge is 0.0558 e.